The minimum atomic E-state index is -0.145. The average molecular weight is 277 g/mol. The molecule has 1 N–H and O–H groups in total. The van der Waals surface area contributed by atoms with E-state index in [1.165, 1.54) is 0 Å². The molecule has 19 heavy (non-hydrogen) atoms. The van der Waals surface area contributed by atoms with Gasteiger partial charge in [-0.25, -0.2) is 0 Å². The highest BCUT2D eigenvalue weighted by atomic mass is 35.5. The zero-order chi connectivity index (χ0) is 13.6. The zero-order valence-corrected chi connectivity index (χ0v) is 11.9. The van der Waals surface area contributed by atoms with Gasteiger partial charge in [0.2, 0.25) is 0 Å². The van der Waals surface area contributed by atoms with Crippen molar-refractivity contribution in [1.82, 2.24) is 5.43 Å². The smallest absolute Gasteiger partial charge is 0.144 e. The quantitative estimate of drug-likeness (QED) is 0.857. The molecule has 2 atom stereocenters. The predicted molar refractivity (Wildman–Crippen MR) is 76.4 cm³/mol. The number of benzene rings is 1. The van der Waals surface area contributed by atoms with E-state index in [1.54, 1.807) is 0 Å². The lowest BCUT2D eigenvalue weighted by molar-refractivity contribution is -0.126. The van der Waals surface area contributed by atoms with Gasteiger partial charge in [0, 0.05) is 17.0 Å². The Labute approximate surface area is 118 Å². The second-order valence-electron chi connectivity index (χ2n) is 6.20. The van der Waals surface area contributed by atoms with Crippen LogP contribution in [0, 0.1) is 11.3 Å². The van der Waals surface area contributed by atoms with E-state index >= 15 is 0 Å². The first-order valence-corrected chi connectivity index (χ1v) is 6.96. The number of carbonyl (C=O) groups excluding carboxylic acids is 1. The topological polar surface area (TPSA) is 41.5 Å². The maximum Gasteiger partial charge on any atom is 0.144 e. The molecule has 3 nitrogen and oxygen atoms in total. The second kappa shape index (κ2) is 4.34. The van der Waals surface area contributed by atoms with Crippen molar-refractivity contribution >= 4 is 23.1 Å². The molecule has 1 heterocycles. The van der Waals surface area contributed by atoms with E-state index in [1.807, 2.05) is 24.3 Å². The van der Waals surface area contributed by atoms with Crippen LogP contribution in [0.15, 0.2) is 29.4 Å². The lowest BCUT2D eigenvalue weighted by atomic mass is 9.68. The van der Waals surface area contributed by atoms with Crippen molar-refractivity contribution in [2.75, 3.05) is 0 Å². The number of rotatable bonds is 1. The normalized spacial score (nSPS) is 28.6. The molecule has 1 aliphatic heterocycles. The summed E-state index contributed by atoms with van der Waals surface area (Å²) >= 11 is 6.22. The molecule has 1 fully saturated rings. The number of ketones is 1. The highest BCUT2D eigenvalue weighted by Gasteiger charge is 2.46. The molecule has 0 saturated heterocycles. The van der Waals surface area contributed by atoms with Crippen LogP contribution in [0.25, 0.3) is 0 Å². The monoisotopic (exact) mass is 276 g/mol. The summed E-state index contributed by atoms with van der Waals surface area (Å²) in [5, 5.41) is 5.04. The zero-order valence-electron chi connectivity index (χ0n) is 11.1. The fourth-order valence-electron chi connectivity index (χ4n) is 3.17. The number of nitrogens with zero attached hydrogens (tertiary/aromatic N) is 1. The number of Topliss-reactive ketones (excluding diaryl/α,β-unsaturated/α-hetero) is 1. The summed E-state index contributed by atoms with van der Waals surface area (Å²) in [5.41, 5.74) is 4.86. The number of halogens is 1. The molecular formula is C15H17ClN2O. The van der Waals surface area contributed by atoms with E-state index in [2.05, 4.69) is 24.4 Å². The molecule has 0 spiro atoms. The highest BCUT2D eigenvalue weighted by molar-refractivity contribution is 6.35. The summed E-state index contributed by atoms with van der Waals surface area (Å²) in [6.45, 7) is 4.27. The van der Waals surface area contributed by atoms with Gasteiger partial charge in [0.1, 0.15) is 5.78 Å². The van der Waals surface area contributed by atoms with E-state index < -0.39 is 0 Å². The molecule has 1 aromatic rings. The van der Waals surface area contributed by atoms with Gasteiger partial charge in [-0.15, -0.1) is 0 Å². The number of nitrogens with one attached hydrogen (secondary N) is 1. The fourth-order valence-corrected chi connectivity index (χ4v) is 3.41. The Kier molecular flexibility index (Phi) is 2.90. The van der Waals surface area contributed by atoms with E-state index in [0.29, 0.717) is 11.4 Å². The Morgan fingerprint density at radius 3 is 2.84 bits per heavy atom. The van der Waals surface area contributed by atoms with Crippen molar-refractivity contribution in [3.63, 3.8) is 0 Å². The van der Waals surface area contributed by atoms with E-state index in [9.17, 15) is 4.79 Å². The third-order valence-electron chi connectivity index (χ3n) is 3.97. The first-order valence-electron chi connectivity index (χ1n) is 6.59. The Balaban J connectivity index is 1.95. The van der Waals surface area contributed by atoms with Gasteiger partial charge in [0.25, 0.3) is 0 Å². The average Bonchev–Trinajstić information content (AvgIpc) is 2.71. The van der Waals surface area contributed by atoms with Gasteiger partial charge in [-0.2, -0.15) is 5.10 Å². The SMILES string of the molecule is CC1(C)CC(=O)[C@@H]2C(c3ccccc3Cl)=NN[C@@H]2C1. The maximum atomic E-state index is 12.4. The lowest BCUT2D eigenvalue weighted by Crippen LogP contribution is -2.45. The van der Waals surface area contributed by atoms with Crippen molar-refractivity contribution < 1.29 is 4.79 Å². The second-order valence-corrected chi connectivity index (χ2v) is 6.61. The summed E-state index contributed by atoms with van der Waals surface area (Å²) in [5.74, 6) is 0.123. The van der Waals surface area contributed by atoms with Gasteiger partial charge in [0.05, 0.1) is 17.7 Å². The van der Waals surface area contributed by atoms with Crippen molar-refractivity contribution in [2.45, 2.75) is 32.7 Å². The Morgan fingerprint density at radius 2 is 2.11 bits per heavy atom. The van der Waals surface area contributed by atoms with Gasteiger partial charge in [-0.05, 0) is 17.9 Å². The van der Waals surface area contributed by atoms with Gasteiger partial charge in [0.15, 0.2) is 0 Å². The first-order chi connectivity index (χ1) is 8.98. The third-order valence-corrected chi connectivity index (χ3v) is 4.30. The number of hydrogen-bond acceptors (Lipinski definition) is 3. The van der Waals surface area contributed by atoms with Crippen molar-refractivity contribution in [1.29, 1.82) is 0 Å². The minimum Gasteiger partial charge on any atom is -0.306 e. The fraction of sp³-hybridized carbons (Fsp3) is 0.467. The summed E-state index contributed by atoms with van der Waals surface area (Å²) in [7, 11) is 0. The largest absolute Gasteiger partial charge is 0.306 e. The van der Waals surface area contributed by atoms with Gasteiger partial charge >= 0.3 is 0 Å². The van der Waals surface area contributed by atoms with Crippen LogP contribution < -0.4 is 5.43 Å². The third kappa shape index (κ3) is 2.16. The van der Waals surface area contributed by atoms with Crippen LogP contribution >= 0.6 is 11.6 Å². The summed E-state index contributed by atoms with van der Waals surface area (Å²) in [4.78, 5) is 12.4. The number of hydrazone groups is 1. The minimum absolute atomic E-state index is 0.0523. The van der Waals surface area contributed by atoms with Crippen LogP contribution in [0.3, 0.4) is 0 Å². The first kappa shape index (κ1) is 12.7. The summed E-state index contributed by atoms with van der Waals surface area (Å²) < 4.78 is 0. The number of fused-ring (bicyclic) bond motifs is 1. The standard InChI is InChI=1S/C15H17ClN2O/c1-15(2)7-11-13(12(19)8-15)14(18-17-11)9-5-3-4-6-10(9)16/h3-6,11,13,17H,7-8H2,1-2H3/t11-,13-/m1/s1. The van der Waals surface area contributed by atoms with Gasteiger partial charge in [-0.3, -0.25) is 4.79 Å². The number of carbonyl (C=O) groups is 1. The van der Waals surface area contributed by atoms with Crippen LogP contribution in [0.2, 0.25) is 5.02 Å². The van der Waals surface area contributed by atoms with Crippen LogP contribution in [-0.2, 0) is 4.79 Å². The van der Waals surface area contributed by atoms with Crippen LogP contribution in [0.1, 0.15) is 32.3 Å². The van der Waals surface area contributed by atoms with Gasteiger partial charge in [-0.1, -0.05) is 43.6 Å². The van der Waals surface area contributed by atoms with Crippen LogP contribution in [0.5, 0.6) is 0 Å². The molecule has 0 unspecified atom stereocenters. The lowest BCUT2D eigenvalue weighted by Gasteiger charge is -2.36. The Morgan fingerprint density at radius 1 is 1.37 bits per heavy atom. The van der Waals surface area contributed by atoms with E-state index in [-0.39, 0.29) is 23.2 Å². The van der Waals surface area contributed by atoms with Gasteiger partial charge < -0.3 is 5.43 Å². The van der Waals surface area contributed by atoms with Crippen molar-refractivity contribution in [3.8, 4) is 0 Å². The van der Waals surface area contributed by atoms with E-state index in [4.69, 9.17) is 11.6 Å². The van der Waals surface area contributed by atoms with Crippen LogP contribution in [0.4, 0.5) is 0 Å². The molecule has 100 valence electrons. The Hall–Kier alpha value is -1.35. The molecule has 1 saturated carbocycles. The molecule has 4 heteroatoms. The number of hydrogen-bond donors (Lipinski definition) is 1. The van der Waals surface area contributed by atoms with Crippen molar-refractivity contribution in [3.05, 3.63) is 34.9 Å². The predicted octanol–water partition coefficient (Wildman–Crippen LogP) is 3.02. The molecule has 1 aromatic carbocycles. The molecule has 0 bridgehead atoms. The molecular weight excluding hydrogens is 260 g/mol. The molecule has 0 aromatic heterocycles. The molecule has 0 radical (unpaired) electrons. The van der Waals surface area contributed by atoms with Crippen LogP contribution in [-0.4, -0.2) is 17.5 Å². The van der Waals surface area contributed by atoms with Crippen molar-refractivity contribution in [2.24, 2.45) is 16.4 Å². The molecule has 1 aliphatic carbocycles. The Bertz CT molecular complexity index is 565. The van der Waals surface area contributed by atoms with E-state index in [0.717, 1.165) is 17.7 Å². The maximum absolute atomic E-state index is 12.4. The summed E-state index contributed by atoms with van der Waals surface area (Å²) in [6, 6.07) is 7.69. The highest BCUT2D eigenvalue weighted by Crippen LogP contribution is 2.40. The molecule has 0 amide bonds. The molecule has 2 aliphatic rings. The molecule has 3 rings (SSSR count). The summed E-state index contributed by atoms with van der Waals surface area (Å²) in [6.07, 6.45) is 1.57.